The highest BCUT2D eigenvalue weighted by atomic mass is 32.2. The van der Waals surface area contributed by atoms with Crippen molar-refractivity contribution >= 4 is 21.5 Å². The molecule has 1 N–H and O–H groups in total. The minimum absolute atomic E-state index is 0.136. The van der Waals surface area contributed by atoms with Gasteiger partial charge in [0, 0.05) is 30.3 Å². The summed E-state index contributed by atoms with van der Waals surface area (Å²) < 4.78 is 43.2. The van der Waals surface area contributed by atoms with E-state index < -0.39 is 27.5 Å². The standard InChI is InChI=1S/C26H26FN3O5S/c27-18-3-6-22(28-14-18)25-29-23(24(35-25)20-12-16-11-17(16)13-21(20)26(31)32)15-1-4-19(5-2-15)30-7-9-36(33,34)10-8-30/h1-6,14,16-17,20-21H,7-13H2,(H,31,32)/t16?,17?,20-,21-/m1/s1. The van der Waals surface area contributed by atoms with Gasteiger partial charge in [0.05, 0.1) is 23.6 Å². The third-order valence-electron chi connectivity index (χ3n) is 7.77. The number of carboxylic acid groups (broad SMARTS) is 1. The largest absolute Gasteiger partial charge is 0.481 e. The number of benzene rings is 1. The lowest BCUT2D eigenvalue weighted by Crippen LogP contribution is -2.40. The number of carbonyl (C=O) groups is 1. The smallest absolute Gasteiger partial charge is 0.307 e. The Kier molecular flexibility index (Phi) is 5.59. The molecule has 1 saturated heterocycles. The molecular weight excluding hydrogens is 485 g/mol. The van der Waals surface area contributed by atoms with Gasteiger partial charge in [-0.2, -0.15) is 0 Å². The molecular formula is C26H26FN3O5S. The van der Waals surface area contributed by atoms with Crippen molar-refractivity contribution < 1.29 is 27.1 Å². The Morgan fingerprint density at radius 1 is 1.03 bits per heavy atom. The lowest BCUT2D eigenvalue weighted by Gasteiger charge is -2.29. The van der Waals surface area contributed by atoms with Crippen LogP contribution in [0.15, 0.2) is 47.0 Å². The fourth-order valence-electron chi connectivity index (χ4n) is 5.63. The molecule has 0 radical (unpaired) electrons. The number of pyridine rings is 1. The van der Waals surface area contributed by atoms with Crippen LogP contribution >= 0.6 is 0 Å². The normalized spacial score (nSPS) is 26.9. The number of hydrogen-bond donors (Lipinski definition) is 1. The highest BCUT2D eigenvalue weighted by Crippen LogP contribution is 2.57. The van der Waals surface area contributed by atoms with Crippen LogP contribution in [0.5, 0.6) is 0 Å². The molecule has 1 aliphatic heterocycles. The second kappa shape index (κ2) is 8.69. The molecule has 1 aromatic carbocycles. The minimum Gasteiger partial charge on any atom is -0.481 e. The van der Waals surface area contributed by atoms with Crippen LogP contribution in [0.4, 0.5) is 10.1 Å². The number of nitrogens with zero attached hydrogens (tertiary/aromatic N) is 3. The molecule has 0 bridgehead atoms. The lowest BCUT2D eigenvalue weighted by molar-refractivity contribution is -0.143. The SMILES string of the molecule is O=C(O)[C@@H]1CC2CC2C[C@H]1c1oc(-c2ccc(F)cn2)nc1-c1ccc(N2CCS(=O)(=O)CC2)cc1. The van der Waals surface area contributed by atoms with E-state index in [1.54, 1.807) is 0 Å². The van der Waals surface area contributed by atoms with Gasteiger partial charge >= 0.3 is 5.97 Å². The summed E-state index contributed by atoms with van der Waals surface area (Å²) in [6, 6.07) is 10.4. The summed E-state index contributed by atoms with van der Waals surface area (Å²) in [7, 11) is -2.97. The number of carboxylic acids is 1. The summed E-state index contributed by atoms with van der Waals surface area (Å²) in [5.41, 5.74) is 2.64. The first-order chi connectivity index (χ1) is 17.3. The minimum atomic E-state index is -2.97. The third kappa shape index (κ3) is 4.38. The zero-order valence-electron chi connectivity index (χ0n) is 19.5. The van der Waals surface area contributed by atoms with Crippen molar-refractivity contribution in [2.75, 3.05) is 29.5 Å². The number of oxazole rings is 1. The van der Waals surface area contributed by atoms with Gasteiger partial charge in [-0.3, -0.25) is 4.79 Å². The molecule has 10 heteroatoms. The molecule has 188 valence electrons. The van der Waals surface area contributed by atoms with Gasteiger partial charge in [-0.05, 0) is 55.4 Å². The fraction of sp³-hybridized carbons (Fsp3) is 0.423. The predicted molar refractivity (Wildman–Crippen MR) is 131 cm³/mol. The topological polar surface area (TPSA) is 114 Å². The molecule has 0 spiro atoms. The summed E-state index contributed by atoms with van der Waals surface area (Å²) in [6.07, 6.45) is 3.52. The van der Waals surface area contributed by atoms with E-state index in [1.807, 2.05) is 29.2 Å². The van der Waals surface area contributed by atoms with E-state index >= 15 is 0 Å². The molecule has 3 aromatic rings. The van der Waals surface area contributed by atoms with E-state index in [0.717, 1.165) is 30.3 Å². The van der Waals surface area contributed by atoms with E-state index in [4.69, 9.17) is 9.40 Å². The summed E-state index contributed by atoms with van der Waals surface area (Å²) >= 11 is 0. The number of rotatable bonds is 5. The molecule has 2 unspecified atom stereocenters. The second-order valence-electron chi connectivity index (χ2n) is 10.1. The number of anilines is 1. The van der Waals surface area contributed by atoms with Crippen molar-refractivity contribution in [1.29, 1.82) is 0 Å². The molecule has 3 aliphatic rings. The molecule has 36 heavy (non-hydrogen) atoms. The Hall–Kier alpha value is -3.27. The lowest BCUT2D eigenvalue weighted by atomic mass is 9.77. The summed E-state index contributed by atoms with van der Waals surface area (Å²) in [4.78, 5) is 23.0. The van der Waals surface area contributed by atoms with Crippen LogP contribution in [0, 0.1) is 23.6 Å². The average molecular weight is 512 g/mol. The quantitative estimate of drug-likeness (QED) is 0.547. The van der Waals surface area contributed by atoms with Crippen molar-refractivity contribution in [2.45, 2.75) is 25.2 Å². The summed E-state index contributed by atoms with van der Waals surface area (Å²) in [6.45, 7) is 0.893. The van der Waals surface area contributed by atoms with Crippen molar-refractivity contribution in [1.82, 2.24) is 9.97 Å². The van der Waals surface area contributed by atoms with Gasteiger partial charge in [0.1, 0.15) is 23.0 Å². The molecule has 2 saturated carbocycles. The number of aromatic nitrogens is 2. The highest BCUT2D eigenvalue weighted by Gasteiger charge is 2.51. The van der Waals surface area contributed by atoms with Gasteiger partial charge in [0.25, 0.3) is 0 Å². The van der Waals surface area contributed by atoms with Crippen LogP contribution < -0.4 is 4.90 Å². The molecule has 2 aromatic heterocycles. The molecule has 8 nitrogen and oxygen atoms in total. The highest BCUT2D eigenvalue weighted by molar-refractivity contribution is 7.91. The predicted octanol–water partition coefficient (Wildman–Crippen LogP) is 3.99. The van der Waals surface area contributed by atoms with Gasteiger partial charge in [-0.15, -0.1) is 0 Å². The van der Waals surface area contributed by atoms with Gasteiger partial charge in [0.2, 0.25) is 5.89 Å². The number of hydrogen-bond acceptors (Lipinski definition) is 7. The van der Waals surface area contributed by atoms with Crippen LogP contribution in [0.25, 0.3) is 22.8 Å². The number of fused-ring (bicyclic) bond motifs is 1. The van der Waals surface area contributed by atoms with Crippen molar-refractivity contribution in [3.05, 3.63) is 54.2 Å². The average Bonchev–Trinajstić information content (AvgIpc) is 3.50. The maximum atomic E-state index is 13.4. The Labute approximate surface area is 208 Å². The first-order valence-corrected chi connectivity index (χ1v) is 14.0. The molecule has 4 atom stereocenters. The number of halogens is 1. The van der Waals surface area contributed by atoms with Crippen molar-refractivity contribution in [2.24, 2.45) is 17.8 Å². The second-order valence-corrected chi connectivity index (χ2v) is 12.4. The summed E-state index contributed by atoms with van der Waals surface area (Å²) in [5, 5.41) is 9.98. The first kappa shape index (κ1) is 23.1. The monoisotopic (exact) mass is 511 g/mol. The Morgan fingerprint density at radius 3 is 2.42 bits per heavy atom. The number of sulfone groups is 1. The Balaban J connectivity index is 1.37. The van der Waals surface area contributed by atoms with Crippen molar-refractivity contribution in [3.63, 3.8) is 0 Å². The molecule has 3 heterocycles. The third-order valence-corrected chi connectivity index (χ3v) is 9.38. The van der Waals surface area contributed by atoms with Gasteiger partial charge < -0.3 is 14.4 Å². The Morgan fingerprint density at radius 2 is 1.75 bits per heavy atom. The molecule has 2 aliphatic carbocycles. The zero-order chi connectivity index (χ0) is 25.0. The first-order valence-electron chi connectivity index (χ1n) is 12.2. The van der Waals surface area contributed by atoms with E-state index in [1.165, 1.54) is 12.1 Å². The van der Waals surface area contributed by atoms with Gasteiger partial charge in [-0.1, -0.05) is 12.1 Å². The molecule has 6 rings (SSSR count). The van der Waals surface area contributed by atoms with Crippen LogP contribution in [0.3, 0.4) is 0 Å². The van der Waals surface area contributed by atoms with E-state index in [2.05, 4.69) is 4.98 Å². The van der Waals surface area contributed by atoms with E-state index in [9.17, 15) is 22.7 Å². The molecule has 0 amide bonds. The van der Waals surface area contributed by atoms with Crippen LogP contribution in [0.2, 0.25) is 0 Å². The van der Waals surface area contributed by atoms with Crippen LogP contribution in [-0.4, -0.2) is 54.1 Å². The maximum Gasteiger partial charge on any atom is 0.307 e. The Bertz CT molecular complexity index is 1390. The van der Waals surface area contributed by atoms with Crippen molar-refractivity contribution in [3.8, 4) is 22.8 Å². The van der Waals surface area contributed by atoms with E-state index in [-0.39, 0.29) is 23.3 Å². The number of aliphatic carboxylic acids is 1. The fourth-order valence-corrected chi connectivity index (χ4v) is 6.84. The zero-order valence-corrected chi connectivity index (χ0v) is 20.3. The molecule has 3 fully saturated rings. The maximum absolute atomic E-state index is 13.4. The van der Waals surface area contributed by atoms with Crippen LogP contribution in [0.1, 0.15) is 30.9 Å². The van der Waals surface area contributed by atoms with Crippen LogP contribution in [-0.2, 0) is 14.6 Å². The van der Waals surface area contributed by atoms with Gasteiger partial charge in [-0.25, -0.2) is 22.8 Å². The van der Waals surface area contributed by atoms with E-state index in [0.29, 0.717) is 48.5 Å². The summed E-state index contributed by atoms with van der Waals surface area (Å²) in [5.74, 6) is -0.146. The van der Waals surface area contributed by atoms with Gasteiger partial charge in [0.15, 0.2) is 9.84 Å².